The van der Waals surface area contributed by atoms with Crippen molar-refractivity contribution in [3.8, 4) is 0 Å². The predicted octanol–water partition coefficient (Wildman–Crippen LogP) is 3.65. The number of nitrogens with one attached hydrogen (secondary N) is 2. The lowest BCUT2D eigenvalue weighted by atomic mass is 10.0. The van der Waals surface area contributed by atoms with Crippen molar-refractivity contribution in [2.75, 3.05) is 18.4 Å². The normalized spacial score (nSPS) is 13.0. The molecule has 0 aliphatic carbocycles. The Morgan fingerprint density at radius 3 is 2.46 bits per heavy atom. The molecule has 0 aliphatic rings. The topological polar surface area (TPSA) is 67.2 Å². The predicted molar refractivity (Wildman–Crippen MR) is 90.0 cm³/mol. The summed E-state index contributed by atoms with van der Waals surface area (Å²) in [5, 5.41) is 5.65. The molecule has 4 N–H and O–H groups in total. The summed E-state index contributed by atoms with van der Waals surface area (Å²) in [6.45, 7) is 4.74. The summed E-state index contributed by atoms with van der Waals surface area (Å²) in [6, 6.07) is 2.42. The lowest BCUT2D eigenvalue weighted by Gasteiger charge is -2.23. The van der Waals surface area contributed by atoms with E-state index in [4.69, 9.17) is 17.3 Å². The lowest BCUT2D eigenvalue weighted by Crippen LogP contribution is -2.43. The number of rotatable bonds is 8. The Morgan fingerprint density at radius 1 is 1.29 bits per heavy atom. The van der Waals surface area contributed by atoms with E-state index in [0.717, 1.165) is 25.0 Å². The molecule has 0 fully saturated rings. The van der Waals surface area contributed by atoms with Crippen LogP contribution < -0.4 is 16.4 Å². The molecule has 24 heavy (non-hydrogen) atoms. The molecule has 1 atom stereocenters. The first-order valence-corrected chi connectivity index (χ1v) is 8.15. The first kappa shape index (κ1) is 20.6. The summed E-state index contributed by atoms with van der Waals surface area (Å²) in [5.74, 6) is -0.296. The Morgan fingerprint density at radius 2 is 1.96 bits per heavy atom. The van der Waals surface area contributed by atoms with Gasteiger partial charge in [0.2, 0.25) is 5.91 Å². The molecular weight excluding hydrogens is 343 g/mol. The number of carbonyl (C=O) groups is 1. The Labute approximate surface area is 144 Å². The van der Waals surface area contributed by atoms with Crippen molar-refractivity contribution >= 4 is 23.2 Å². The number of carbonyl (C=O) groups excluding carboxylic acids is 1. The van der Waals surface area contributed by atoms with Crippen molar-refractivity contribution in [1.29, 1.82) is 0 Å². The van der Waals surface area contributed by atoms with E-state index in [-0.39, 0.29) is 16.8 Å². The van der Waals surface area contributed by atoms with Gasteiger partial charge < -0.3 is 16.4 Å². The zero-order valence-corrected chi connectivity index (χ0v) is 14.5. The molecule has 1 unspecified atom stereocenters. The fourth-order valence-electron chi connectivity index (χ4n) is 2.10. The van der Waals surface area contributed by atoms with Gasteiger partial charge in [0, 0.05) is 6.54 Å². The number of hydrogen-bond donors (Lipinski definition) is 3. The van der Waals surface area contributed by atoms with E-state index in [1.54, 1.807) is 0 Å². The van der Waals surface area contributed by atoms with Crippen LogP contribution in [0.15, 0.2) is 18.2 Å². The highest BCUT2D eigenvalue weighted by Gasteiger charge is 2.31. The van der Waals surface area contributed by atoms with Crippen molar-refractivity contribution in [2.24, 2.45) is 11.7 Å². The van der Waals surface area contributed by atoms with Crippen LogP contribution in [-0.4, -0.2) is 25.0 Å². The van der Waals surface area contributed by atoms with Crippen LogP contribution in [0.4, 0.5) is 18.9 Å². The van der Waals surface area contributed by atoms with Gasteiger partial charge in [-0.2, -0.15) is 13.2 Å². The van der Waals surface area contributed by atoms with Gasteiger partial charge in [-0.05, 0) is 43.5 Å². The summed E-state index contributed by atoms with van der Waals surface area (Å²) < 4.78 is 38.0. The number of nitrogens with two attached hydrogens (primary N) is 1. The standard InChI is InChI=1S/C16H23ClF3N3O/c1-10(2)14(15(24)22-8-4-3-7-21)23-13-6-5-11(9-12(13)17)16(18,19)20/h5-6,9-10,14,23H,3-4,7-8,21H2,1-2H3,(H,22,24). The highest BCUT2D eigenvalue weighted by atomic mass is 35.5. The van der Waals surface area contributed by atoms with Crippen LogP contribution in [-0.2, 0) is 11.0 Å². The number of anilines is 1. The van der Waals surface area contributed by atoms with Crippen LogP contribution in [0, 0.1) is 5.92 Å². The molecule has 1 aromatic carbocycles. The van der Waals surface area contributed by atoms with E-state index in [2.05, 4.69) is 10.6 Å². The third-order valence-electron chi connectivity index (χ3n) is 3.49. The Balaban J connectivity index is 2.80. The molecule has 0 bridgehead atoms. The maximum atomic E-state index is 12.7. The average Bonchev–Trinajstić information content (AvgIpc) is 2.48. The summed E-state index contributed by atoms with van der Waals surface area (Å²) in [4.78, 5) is 12.3. The maximum absolute atomic E-state index is 12.7. The number of amides is 1. The second-order valence-corrected chi connectivity index (χ2v) is 6.25. The molecule has 1 rings (SSSR count). The summed E-state index contributed by atoms with van der Waals surface area (Å²) in [7, 11) is 0. The Bertz CT molecular complexity index is 550. The van der Waals surface area contributed by atoms with Crippen molar-refractivity contribution in [3.05, 3.63) is 28.8 Å². The van der Waals surface area contributed by atoms with E-state index >= 15 is 0 Å². The van der Waals surface area contributed by atoms with Gasteiger partial charge in [0.25, 0.3) is 0 Å². The molecule has 4 nitrogen and oxygen atoms in total. The zero-order chi connectivity index (χ0) is 18.3. The minimum atomic E-state index is -4.46. The monoisotopic (exact) mass is 365 g/mol. The van der Waals surface area contributed by atoms with Crippen molar-refractivity contribution in [1.82, 2.24) is 5.32 Å². The second kappa shape index (κ2) is 9.13. The molecule has 0 heterocycles. The summed E-state index contributed by atoms with van der Waals surface area (Å²) in [5.41, 5.74) is 4.86. The summed E-state index contributed by atoms with van der Waals surface area (Å²) >= 11 is 5.93. The van der Waals surface area contributed by atoms with E-state index in [0.29, 0.717) is 18.8 Å². The van der Waals surface area contributed by atoms with Gasteiger partial charge in [-0.25, -0.2) is 0 Å². The molecule has 136 valence electrons. The van der Waals surface area contributed by atoms with E-state index in [1.165, 1.54) is 6.07 Å². The molecule has 0 saturated carbocycles. The number of halogens is 4. The molecule has 0 aromatic heterocycles. The Kier molecular flexibility index (Phi) is 7.83. The highest BCUT2D eigenvalue weighted by molar-refractivity contribution is 6.33. The van der Waals surface area contributed by atoms with E-state index < -0.39 is 17.8 Å². The summed E-state index contributed by atoms with van der Waals surface area (Å²) in [6.07, 6.45) is -2.88. The van der Waals surface area contributed by atoms with Crippen molar-refractivity contribution in [3.63, 3.8) is 0 Å². The molecule has 1 aromatic rings. The largest absolute Gasteiger partial charge is 0.416 e. The maximum Gasteiger partial charge on any atom is 0.416 e. The van der Waals surface area contributed by atoms with Crippen LogP contribution in [0.3, 0.4) is 0 Å². The zero-order valence-electron chi connectivity index (χ0n) is 13.7. The van der Waals surface area contributed by atoms with Gasteiger partial charge in [-0.3, -0.25) is 4.79 Å². The van der Waals surface area contributed by atoms with Crippen molar-refractivity contribution in [2.45, 2.75) is 38.9 Å². The third kappa shape index (κ3) is 6.20. The number of alkyl halides is 3. The lowest BCUT2D eigenvalue weighted by molar-refractivity contribution is -0.137. The quantitative estimate of drug-likeness (QED) is 0.616. The molecule has 0 aliphatic heterocycles. The smallest absolute Gasteiger partial charge is 0.372 e. The Hall–Kier alpha value is -1.47. The minimum Gasteiger partial charge on any atom is -0.372 e. The SMILES string of the molecule is CC(C)C(Nc1ccc(C(F)(F)F)cc1Cl)C(=O)NCCCCN. The van der Waals surface area contributed by atoms with E-state index in [9.17, 15) is 18.0 Å². The minimum absolute atomic E-state index is 0.0714. The molecule has 0 spiro atoms. The van der Waals surface area contributed by atoms with Crippen LogP contribution in [0.1, 0.15) is 32.3 Å². The molecular formula is C16H23ClF3N3O. The van der Waals surface area contributed by atoms with Crippen LogP contribution >= 0.6 is 11.6 Å². The first-order valence-electron chi connectivity index (χ1n) is 7.78. The van der Waals surface area contributed by atoms with E-state index in [1.807, 2.05) is 13.8 Å². The average molecular weight is 366 g/mol. The second-order valence-electron chi connectivity index (χ2n) is 5.85. The van der Waals surface area contributed by atoms with Gasteiger partial charge in [-0.15, -0.1) is 0 Å². The van der Waals surface area contributed by atoms with Gasteiger partial charge >= 0.3 is 6.18 Å². The van der Waals surface area contributed by atoms with Crippen LogP contribution in [0.25, 0.3) is 0 Å². The van der Waals surface area contributed by atoms with Gasteiger partial charge in [0.15, 0.2) is 0 Å². The number of hydrogen-bond acceptors (Lipinski definition) is 3. The number of unbranched alkanes of at least 4 members (excludes halogenated alkanes) is 1. The fraction of sp³-hybridized carbons (Fsp3) is 0.562. The molecule has 0 saturated heterocycles. The molecule has 1 amide bonds. The third-order valence-corrected chi connectivity index (χ3v) is 3.80. The fourth-order valence-corrected chi connectivity index (χ4v) is 2.34. The molecule has 0 radical (unpaired) electrons. The number of benzene rings is 1. The first-order chi connectivity index (χ1) is 11.2. The van der Waals surface area contributed by atoms with Gasteiger partial charge in [-0.1, -0.05) is 25.4 Å². The van der Waals surface area contributed by atoms with Gasteiger partial charge in [0.05, 0.1) is 16.3 Å². The van der Waals surface area contributed by atoms with Gasteiger partial charge in [0.1, 0.15) is 6.04 Å². The highest BCUT2D eigenvalue weighted by Crippen LogP contribution is 2.34. The van der Waals surface area contributed by atoms with Crippen molar-refractivity contribution < 1.29 is 18.0 Å². The van der Waals surface area contributed by atoms with Crippen LogP contribution in [0.2, 0.25) is 5.02 Å². The van der Waals surface area contributed by atoms with Crippen LogP contribution in [0.5, 0.6) is 0 Å². The molecule has 8 heteroatoms.